The van der Waals surface area contributed by atoms with Crippen LogP contribution < -0.4 is 5.56 Å². The summed E-state index contributed by atoms with van der Waals surface area (Å²) in [4.78, 5) is 11.8. The first kappa shape index (κ1) is 11.9. The summed E-state index contributed by atoms with van der Waals surface area (Å²) < 4.78 is 3.24. The van der Waals surface area contributed by atoms with Crippen molar-refractivity contribution in [3.05, 3.63) is 50.7 Å². The van der Waals surface area contributed by atoms with Crippen molar-refractivity contribution in [2.45, 2.75) is 20.4 Å². The van der Waals surface area contributed by atoms with Gasteiger partial charge in [0.1, 0.15) is 5.15 Å². The lowest BCUT2D eigenvalue weighted by molar-refractivity contribution is 0.749. The minimum absolute atomic E-state index is 0.0238. The van der Waals surface area contributed by atoms with Gasteiger partial charge in [-0.2, -0.15) is 5.10 Å². The van der Waals surface area contributed by atoms with Crippen molar-refractivity contribution in [1.29, 1.82) is 0 Å². The van der Waals surface area contributed by atoms with Gasteiger partial charge in [0.15, 0.2) is 0 Å². The van der Waals surface area contributed by atoms with Gasteiger partial charge in [-0.25, -0.2) is 0 Å². The van der Waals surface area contributed by atoms with Gasteiger partial charge in [-0.15, -0.1) is 0 Å². The van der Waals surface area contributed by atoms with Crippen LogP contribution in [0.2, 0.25) is 5.15 Å². The third-order valence-corrected chi connectivity index (χ3v) is 3.22. The average molecular weight is 252 g/mol. The zero-order chi connectivity index (χ0) is 12.6. The lowest BCUT2D eigenvalue weighted by Gasteiger charge is -2.05. The monoisotopic (exact) mass is 251 g/mol. The number of aryl methyl sites for hydroxylation is 3. The summed E-state index contributed by atoms with van der Waals surface area (Å²) in [6.45, 7) is 4.24. The lowest BCUT2D eigenvalue weighted by Crippen LogP contribution is -2.19. The molecule has 0 saturated heterocycles. The van der Waals surface area contributed by atoms with Gasteiger partial charge in [-0.05, 0) is 25.5 Å². The maximum Gasteiger partial charge on any atom is 0.251 e. The summed E-state index contributed by atoms with van der Waals surface area (Å²) in [5.41, 5.74) is 2.68. The summed E-state index contributed by atoms with van der Waals surface area (Å²) in [7, 11) is 1.79. The van der Waals surface area contributed by atoms with Crippen LogP contribution in [0, 0.1) is 13.8 Å². The Bertz CT molecular complexity index is 613. The highest BCUT2D eigenvalue weighted by atomic mass is 35.5. The van der Waals surface area contributed by atoms with E-state index in [2.05, 4.69) is 5.10 Å². The van der Waals surface area contributed by atoms with Gasteiger partial charge in [0.05, 0.1) is 12.2 Å². The summed E-state index contributed by atoms with van der Waals surface area (Å²) in [5.74, 6) is 0. The standard InChI is InChI=1S/C12H14ClN3O/c1-8-4-5-16(11(17)6-8)7-10-9(2)14-15(3)12(10)13/h4-6H,7H2,1-3H3. The number of nitrogens with zero attached hydrogens (tertiary/aromatic N) is 3. The third-order valence-electron chi connectivity index (χ3n) is 2.75. The van der Waals surface area contributed by atoms with E-state index < -0.39 is 0 Å². The molecule has 5 heteroatoms. The van der Waals surface area contributed by atoms with E-state index in [1.807, 2.05) is 19.9 Å². The van der Waals surface area contributed by atoms with Crippen LogP contribution in [0.15, 0.2) is 23.1 Å². The molecule has 0 fully saturated rings. The quantitative estimate of drug-likeness (QED) is 0.818. The zero-order valence-electron chi connectivity index (χ0n) is 10.1. The van der Waals surface area contributed by atoms with Crippen molar-refractivity contribution < 1.29 is 0 Å². The van der Waals surface area contributed by atoms with E-state index in [1.165, 1.54) is 0 Å². The predicted octanol–water partition coefficient (Wildman–Crippen LogP) is 1.90. The molecule has 0 amide bonds. The molecule has 90 valence electrons. The fourth-order valence-corrected chi connectivity index (χ4v) is 2.00. The van der Waals surface area contributed by atoms with Crippen molar-refractivity contribution in [3.8, 4) is 0 Å². The number of hydrogen-bond donors (Lipinski definition) is 0. The SMILES string of the molecule is Cc1ccn(Cc2c(C)nn(C)c2Cl)c(=O)c1. The van der Waals surface area contributed by atoms with Crippen molar-refractivity contribution in [1.82, 2.24) is 14.3 Å². The minimum Gasteiger partial charge on any atom is -0.311 e. The molecule has 17 heavy (non-hydrogen) atoms. The molecule has 2 heterocycles. The molecule has 0 aromatic carbocycles. The molecule has 0 atom stereocenters. The Balaban J connectivity index is 2.41. The van der Waals surface area contributed by atoms with Crippen LogP contribution in [0.1, 0.15) is 16.8 Å². The van der Waals surface area contributed by atoms with Gasteiger partial charge in [0.2, 0.25) is 0 Å². The highest BCUT2D eigenvalue weighted by Gasteiger charge is 2.11. The van der Waals surface area contributed by atoms with Gasteiger partial charge in [-0.1, -0.05) is 11.6 Å². The number of pyridine rings is 1. The first-order chi connectivity index (χ1) is 7.99. The second-order valence-corrected chi connectivity index (χ2v) is 4.51. The van der Waals surface area contributed by atoms with Crippen molar-refractivity contribution in [2.24, 2.45) is 7.05 Å². The molecule has 0 aliphatic rings. The Kier molecular flexibility index (Phi) is 3.07. The van der Waals surface area contributed by atoms with Gasteiger partial charge < -0.3 is 4.57 Å². The Labute approximate surface area is 104 Å². The van der Waals surface area contributed by atoms with Crippen LogP contribution in [0.4, 0.5) is 0 Å². The van der Waals surface area contributed by atoms with E-state index >= 15 is 0 Å². The molecule has 0 radical (unpaired) electrons. The van der Waals surface area contributed by atoms with Crippen LogP contribution in [-0.2, 0) is 13.6 Å². The lowest BCUT2D eigenvalue weighted by atomic mass is 10.2. The Hall–Kier alpha value is -1.55. The van der Waals surface area contributed by atoms with Gasteiger partial charge in [0.25, 0.3) is 5.56 Å². The van der Waals surface area contributed by atoms with Crippen LogP contribution in [0.5, 0.6) is 0 Å². The van der Waals surface area contributed by atoms with E-state index in [4.69, 9.17) is 11.6 Å². The smallest absolute Gasteiger partial charge is 0.251 e. The number of rotatable bonds is 2. The molecule has 0 aliphatic heterocycles. The largest absolute Gasteiger partial charge is 0.311 e. The maximum atomic E-state index is 11.8. The van der Waals surface area contributed by atoms with E-state index in [9.17, 15) is 4.79 Å². The molecule has 2 aromatic heterocycles. The summed E-state index contributed by atoms with van der Waals surface area (Å²) in [5, 5.41) is 4.80. The van der Waals surface area contributed by atoms with Gasteiger partial charge in [0, 0.05) is 24.9 Å². The van der Waals surface area contributed by atoms with Crippen molar-refractivity contribution in [3.63, 3.8) is 0 Å². The zero-order valence-corrected chi connectivity index (χ0v) is 10.8. The average Bonchev–Trinajstić information content (AvgIpc) is 2.48. The molecule has 2 aromatic rings. The highest BCUT2D eigenvalue weighted by Crippen LogP contribution is 2.19. The normalized spacial score (nSPS) is 10.8. The van der Waals surface area contributed by atoms with Crippen LogP contribution >= 0.6 is 11.6 Å². The van der Waals surface area contributed by atoms with Crippen molar-refractivity contribution >= 4 is 11.6 Å². The summed E-state index contributed by atoms with van der Waals surface area (Å²) in [6.07, 6.45) is 1.78. The topological polar surface area (TPSA) is 39.8 Å². The molecule has 0 saturated carbocycles. The minimum atomic E-state index is -0.0238. The fraction of sp³-hybridized carbons (Fsp3) is 0.333. The van der Waals surface area contributed by atoms with Crippen molar-refractivity contribution in [2.75, 3.05) is 0 Å². The maximum absolute atomic E-state index is 11.8. The Morgan fingerprint density at radius 3 is 2.65 bits per heavy atom. The van der Waals surface area contributed by atoms with Gasteiger partial charge >= 0.3 is 0 Å². The van der Waals surface area contributed by atoms with E-state index in [-0.39, 0.29) is 5.56 Å². The molecule has 2 rings (SSSR count). The summed E-state index contributed by atoms with van der Waals surface area (Å²) >= 11 is 6.13. The molecule has 0 N–H and O–H groups in total. The van der Waals surface area contributed by atoms with E-state index in [0.717, 1.165) is 16.8 Å². The van der Waals surface area contributed by atoms with Crippen LogP contribution in [0.25, 0.3) is 0 Å². The highest BCUT2D eigenvalue weighted by molar-refractivity contribution is 6.30. The first-order valence-corrected chi connectivity index (χ1v) is 5.72. The molecule has 0 spiro atoms. The van der Waals surface area contributed by atoms with E-state index in [0.29, 0.717) is 11.7 Å². The third kappa shape index (κ3) is 2.26. The molecule has 4 nitrogen and oxygen atoms in total. The van der Waals surface area contributed by atoms with E-state index in [1.54, 1.807) is 28.6 Å². The molecule has 0 bridgehead atoms. The molecule has 0 unspecified atom stereocenters. The predicted molar refractivity (Wildman–Crippen MR) is 67.5 cm³/mol. The molecule has 0 aliphatic carbocycles. The Morgan fingerprint density at radius 1 is 1.41 bits per heavy atom. The second kappa shape index (κ2) is 4.37. The number of hydrogen-bond acceptors (Lipinski definition) is 2. The molecular formula is C12H14ClN3O. The number of halogens is 1. The molecular weight excluding hydrogens is 238 g/mol. The van der Waals surface area contributed by atoms with Crippen LogP contribution in [0.3, 0.4) is 0 Å². The Morgan fingerprint density at radius 2 is 2.12 bits per heavy atom. The van der Waals surface area contributed by atoms with Gasteiger partial charge in [-0.3, -0.25) is 9.48 Å². The number of aromatic nitrogens is 3. The second-order valence-electron chi connectivity index (χ2n) is 4.15. The fourth-order valence-electron chi connectivity index (χ4n) is 1.76. The summed E-state index contributed by atoms with van der Waals surface area (Å²) in [6, 6.07) is 3.51. The first-order valence-electron chi connectivity index (χ1n) is 5.34. The van der Waals surface area contributed by atoms with Crippen LogP contribution in [-0.4, -0.2) is 14.3 Å².